The molecule has 0 heterocycles. The Balaban J connectivity index is 3.76. The fraction of sp³-hybridized carbons (Fsp3) is 0.800. The number of hydrogen-bond donors (Lipinski definition) is 0. The van der Waals surface area contributed by atoms with Gasteiger partial charge in [-0.25, -0.2) is 0 Å². The van der Waals surface area contributed by atoms with Gasteiger partial charge in [0.1, 0.15) is 11.6 Å². The Hall–Kier alpha value is -0.660. The zero-order valence-corrected chi connectivity index (χ0v) is 8.39. The van der Waals surface area contributed by atoms with Crippen LogP contribution >= 0.6 is 0 Å². The van der Waals surface area contributed by atoms with Crippen LogP contribution in [0.4, 0.5) is 0 Å². The summed E-state index contributed by atoms with van der Waals surface area (Å²) in [6.07, 6.45) is 1.07. The molecule has 70 valence electrons. The first-order valence-electron chi connectivity index (χ1n) is 4.45. The lowest BCUT2D eigenvalue weighted by atomic mass is 9.94. The topological polar surface area (TPSA) is 34.1 Å². The van der Waals surface area contributed by atoms with Crippen LogP contribution in [-0.4, -0.2) is 11.6 Å². The van der Waals surface area contributed by atoms with Gasteiger partial charge in [0, 0.05) is 18.8 Å². The van der Waals surface area contributed by atoms with Gasteiger partial charge in [0.05, 0.1) is 0 Å². The predicted octanol–water partition coefficient (Wildman–Crippen LogP) is 2.22. The molecule has 1 atom stereocenters. The number of carbonyl (C=O) groups is 2. The first-order chi connectivity index (χ1) is 5.43. The lowest BCUT2D eigenvalue weighted by Crippen LogP contribution is -2.13. The maximum absolute atomic E-state index is 11.2. The quantitative estimate of drug-likeness (QED) is 0.634. The van der Waals surface area contributed by atoms with Gasteiger partial charge >= 0.3 is 0 Å². The summed E-state index contributed by atoms with van der Waals surface area (Å²) in [5, 5.41) is 0. The molecule has 0 aromatic rings. The summed E-state index contributed by atoms with van der Waals surface area (Å²) in [6, 6.07) is 0. The Morgan fingerprint density at radius 1 is 1.08 bits per heavy atom. The van der Waals surface area contributed by atoms with E-state index in [1.807, 2.05) is 20.8 Å². The Bertz CT molecular complexity index is 171. The molecule has 0 spiro atoms. The second kappa shape index (κ2) is 5.07. The van der Waals surface area contributed by atoms with Gasteiger partial charge in [-0.15, -0.1) is 0 Å². The van der Waals surface area contributed by atoms with Crippen molar-refractivity contribution in [2.75, 3.05) is 0 Å². The van der Waals surface area contributed by atoms with Gasteiger partial charge in [-0.05, 0) is 12.8 Å². The van der Waals surface area contributed by atoms with Crippen molar-refractivity contribution < 1.29 is 9.59 Å². The van der Waals surface area contributed by atoms with Gasteiger partial charge in [0.25, 0.3) is 0 Å². The molecule has 12 heavy (non-hydrogen) atoms. The highest BCUT2D eigenvalue weighted by Gasteiger charge is 2.13. The maximum atomic E-state index is 11.2. The van der Waals surface area contributed by atoms with Crippen molar-refractivity contribution in [1.82, 2.24) is 0 Å². The van der Waals surface area contributed by atoms with E-state index < -0.39 is 0 Å². The van der Waals surface area contributed by atoms with Crippen LogP contribution in [0.3, 0.4) is 0 Å². The van der Waals surface area contributed by atoms with E-state index in [4.69, 9.17) is 0 Å². The van der Waals surface area contributed by atoms with Crippen LogP contribution in [0.15, 0.2) is 0 Å². The van der Waals surface area contributed by atoms with E-state index >= 15 is 0 Å². The molecule has 0 N–H and O–H groups in total. The molecule has 0 bridgehead atoms. The van der Waals surface area contributed by atoms with Crippen molar-refractivity contribution in [3.05, 3.63) is 0 Å². The Labute approximate surface area is 74.3 Å². The average molecular weight is 170 g/mol. The van der Waals surface area contributed by atoms with Gasteiger partial charge in [-0.3, -0.25) is 4.79 Å². The summed E-state index contributed by atoms with van der Waals surface area (Å²) in [5.74, 6) is 0.722. The lowest BCUT2D eigenvalue weighted by molar-refractivity contribution is -0.123. The SMILES string of the molecule is CC(=O)C[C@H](C)CC(=O)C(C)C. The predicted molar refractivity (Wildman–Crippen MR) is 48.9 cm³/mol. The first kappa shape index (κ1) is 11.3. The van der Waals surface area contributed by atoms with E-state index in [1.165, 1.54) is 0 Å². The Kier molecular flexibility index (Phi) is 4.79. The molecule has 2 heteroatoms. The smallest absolute Gasteiger partial charge is 0.135 e. The van der Waals surface area contributed by atoms with Crippen molar-refractivity contribution in [3.8, 4) is 0 Å². The summed E-state index contributed by atoms with van der Waals surface area (Å²) in [4.78, 5) is 21.9. The first-order valence-corrected chi connectivity index (χ1v) is 4.45. The molecule has 0 aliphatic heterocycles. The average Bonchev–Trinajstić information content (AvgIpc) is 1.84. The zero-order chi connectivity index (χ0) is 9.72. The normalized spacial score (nSPS) is 13.1. The molecule has 0 aliphatic rings. The van der Waals surface area contributed by atoms with E-state index in [9.17, 15) is 9.59 Å². The van der Waals surface area contributed by atoms with Crippen LogP contribution in [0.25, 0.3) is 0 Å². The number of carbonyl (C=O) groups excluding carboxylic acids is 2. The molecule has 0 saturated heterocycles. The molecule has 2 nitrogen and oxygen atoms in total. The van der Waals surface area contributed by atoms with Gasteiger partial charge in [0.2, 0.25) is 0 Å². The van der Waals surface area contributed by atoms with E-state index in [-0.39, 0.29) is 23.4 Å². The standard InChI is InChI=1S/C10H18O2/c1-7(2)10(12)6-8(3)5-9(4)11/h7-8H,5-6H2,1-4H3/t8-/m0/s1. The van der Waals surface area contributed by atoms with Crippen LogP contribution < -0.4 is 0 Å². The lowest BCUT2D eigenvalue weighted by Gasteiger charge is -2.09. The largest absolute Gasteiger partial charge is 0.300 e. The third-order valence-electron chi connectivity index (χ3n) is 1.83. The second-order valence-electron chi connectivity index (χ2n) is 3.84. The minimum atomic E-state index is 0.0967. The summed E-state index contributed by atoms with van der Waals surface area (Å²) < 4.78 is 0. The molecule has 0 aromatic carbocycles. The number of Topliss-reactive ketones (excluding diaryl/α,β-unsaturated/α-hetero) is 2. The van der Waals surface area contributed by atoms with Crippen LogP contribution in [0.5, 0.6) is 0 Å². The van der Waals surface area contributed by atoms with Gasteiger partial charge in [-0.1, -0.05) is 20.8 Å². The van der Waals surface area contributed by atoms with E-state index in [1.54, 1.807) is 6.92 Å². The second-order valence-corrected chi connectivity index (χ2v) is 3.84. The van der Waals surface area contributed by atoms with Crippen molar-refractivity contribution in [3.63, 3.8) is 0 Å². The third-order valence-corrected chi connectivity index (χ3v) is 1.83. The fourth-order valence-electron chi connectivity index (χ4n) is 1.14. The van der Waals surface area contributed by atoms with Crippen LogP contribution in [-0.2, 0) is 9.59 Å². The molecular formula is C10H18O2. The van der Waals surface area contributed by atoms with Crippen molar-refractivity contribution in [2.45, 2.75) is 40.5 Å². The number of ketones is 2. The molecule has 0 rings (SSSR count). The van der Waals surface area contributed by atoms with E-state index in [0.29, 0.717) is 12.8 Å². The zero-order valence-electron chi connectivity index (χ0n) is 8.39. The van der Waals surface area contributed by atoms with Crippen molar-refractivity contribution in [1.29, 1.82) is 0 Å². The van der Waals surface area contributed by atoms with Crippen LogP contribution in [0, 0.1) is 11.8 Å². The molecule has 0 aromatic heterocycles. The Morgan fingerprint density at radius 3 is 1.92 bits per heavy atom. The highest BCUT2D eigenvalue weighted by molar-refractivity contribution is 5.81. The molecule has 0 saturated carbocycles. The summed E-state index contributed by atoms with van der Waals surface area (Å²) in [5.41, 5.74) is 0. The molecule has 0 amide bonds. The minimum absolute atomic E-state index is 0.0967. The summed E-state index contributed by atoms with van der Waals surface area (Å²) in [6.45, 7) is 7.30. The maximum Gasteiger partial charge on any atom is 0.135 e. The van der Waals surface area contributed by atoms with Crippen LogP contribution in [0.1, 0.15) is 40.5 Å². The molecule has 0 fully saturated rings. The highest BCUT2D eigenvalue weighted by atomic mass is 16.1. The summed E-state index contributed by atoms with van der Waals surface area (Å²) in [7, 11) is 0. The van der Waals surface area contributed by atoms with Gasteiger partial charge < -0.3 is 4.79 Å². The monoisotopic (exact) mass is 170 g/mol. The summed E-state index contributed by atoms with van der Waals surface area (Å²) >= 11 is 0. The van der Waals surface area contributed by atoms with E-state index in [0.717, 1.165) is 0 Å². The van der Waals surface area contributed by atoms with Gasteiger partial charge in [-0.2, -0.15) is 0 Å². The van der Waals surface area contributed by atoms with Gasteiger partial charge in [0.15, 0.2) is 0 Å². The fourth-order valence-corrected chi connectivity index (χ4v) is 1.14. The minimum Gasteiger partial charge on any atom is -0.300 e. The number of hydrogen-bond acceptors (Lipinski definition) is 2. The van der Waals surface area contributed by atoms with Crippen LogP contribution in [0.2, 0.25) is 0 Å². The van der Waals surface area contributed by atoms with Crippen molar-refractivity contribution in [2.24, 2.45) is 11.8 Å². The molecular weight excluding hydrogens is 152 g/mol. The van der Waals surface area contributed by atoms with Crippen molar-refractivity contribution >= 4 is 11.6 Å². The third kappa shape index (κ3) is 5.05. The highest BCUT2D eigenvalue weighted by Crippen LogP contribution is 2.11. The Morgan fingerprint density at radius 2 is 1.58 bits per heavy atom. The molecule has 0 aliphatic carbocycles. The molecule has 0 radical (unpaired) electrons. The number of rotatable bonds is 5. The van der Waals surface area contributed by atoms with E-state index in [2.05, 4.69) is 0 Å². The molecule has 0 unspecified atom stereocenters.